The Hall–Kier alpha value is -3.06. The lowest BCUT2D eigenvalue weighted by Gasteiger charge is -2.03. The minimum Gasteiger partial charge on any atom is -0.462 e. The molecule has 8 heteroatoms. The Balaban J connectivity index is 2.26. The molecule has 0 atom stereocenters. The van der Waals surface area contributed by atoms with Crippen LogP contribution in [0.4, 0.5) is 5.88 Å². The third-order valence-electron chi connectivity index (χ3n) is 3.32. The molecule has 2 amide bonds. The summed E-state index contributed by atoms with van der Waals surface area (Å²) in [7, 11) is 0. The van der Waals surface area contributed by atoms with Gasteiger partial charge in [0.15, 0.2) is 0 Å². The first-order chi connectivity index (χ1) is 12.3. The van der Waals surface area contributed by atoms with Gasteiger partial charge in [0.1, 0.15) is 16.9 Å². The Morgan fingerprint density at radius 2 is 2.04 bits per heavy atom. The van der Waals surface area contributed by atoms with Gasteiger partial charge in [-0.3, -0.25) is 14.9 Å². The van der Waals surface area contributed by atoms with E-state index in [2.05, 4.69) is 5.32 Å². The Kier molecular flexibility index (Phi) is 6.19. The van der Waals surface area contributed by atoms with Crippen LogP contribution in [0.1, 0.15) is 39.0 Å². The molecular weight excluding hydrogens is 360 g/mol. The number of amides is 2. The summed E-state index contributed by atoms with van der Waals surface area (Å²) in [5.41, 5.74) is 5.71. The van der Waals surface area contributed by atoms with Crippen LogP contribution < -0.4 is 11.1 Å². The molecule has 0 fully saturated rings. The second kappa shape index (κ2) is 8.35. The standard InChI is InChI=1S/C18H17ClN2O5/c1-3-25-18(24)14-10(2)26-17(15(14)16(20)23)21-13(22)8-7-11-5-4-6-12(19)9-11/h4-9H,3H2,1-2H3,(H2,20,23)(H,21,22)/b8-7+. The zero-order valence-corrected chi connectivity index (χ0v) is 14.9. The van der Waals surface area contributed by atoms with Crippen LogP contribution in [0.15, 0.2) is 34.8 Å². The van der Waals surface area contributed by atoms with E-state index < -0.39 is 17.8 Å². The van der Waals surface area contributed by atoms with Gasteiger partial charge >= 0.3 is 5.97 Å². The number of aryl methyl sites for hydroxylation is 1. The Morgan fingerprint density at radius 1 is 1.31 bits per heavy atom. The zero-order chi connectivity index (χ0) is 19.3. The minimum atomic E-state index is -0.918. The first kappa shape index (κ1) is 19.3. The third-order valence-corrected chi connectivity index (χ3v) is 3.56. The molecule has 2 aromatic rings. The van der Waals surface area contributed by atoms with Crippen LogP contribution in [0.5, 0.6) is 0 Å². The summed E-state index contributed by atoms with van der Waals surface area (Å²) in [4.78, 5) is 35.8. The summed E-state index contributed by atoms with van der Waals surface area (Å²) in [6, 6.07) is 6.89. The average molecular weight is 377 g/mol. The van der Waals surface area contributed by atoms with Crippen LogP contribution in [0.3, 0.4) is 0 Å². The van der Waals surface area contributed by atoms with Crippen molar-refractivity contribution in [3.05, 3.63) is 57.8 Å². The number of benzene rings is 1. The number of furan rings is 1. The molecule has 0 aliphatic heterocycles. The van der Waals surface area contributed by atoms with Gasteiger partial charge in [0.2, 0.25) is 5.88 Å². The summed E-state index contributed by atoms with van der Waals surface area (Å²) in [6.07, 6.45) is 2.77. The lowest BCUT2D eigenvalue weighted by atomic mass is 10.1. The molecule has 0 bridgehead atoms. The molecule has 0 spiro atoms. The van der Waals surface area contributed by atoms with E-state index in [0.717, 1.165) is 0 Å². The molecule has 26 heavy (non-hydrogen) atoms. The molecule has 2 rings (SSSR count). The number of nitrogens with two attached hydrogens (primary N) is 1. The molecule has 0 radical (unpaired) electrons. The molecule has 3 N–H and O–H groups in total. The van der Waals surface area contributed by atoms with E-state index in [-0.39, 0.29) is 29.4 Å². The van der Waals surface area contributed by atoms with Crippen LogP contribution in [0.25, 0.3) is 6.08 Å². The van der Waals surface area contributed by atoms with E-state index >= 15 is 0 Å². The van der Waals surface area contributed by atoms with E-state index in [1.165, 1.54) is 19.1 Å². The first-order valence-electron chi connectivity index (χ1n) is 7.68. The highest BCUT2D eigenvalue weighted by Gasteiger charge is 2.28. The van der Waals surface area contributed by atoms with Crippen LogP contribution in [0, 0.1) is 6.92 Å². The maximum absolute atomic E-state index is 12.1. The molecule has 0 aliphatic carbocycles. The van der Waals surface area contributed by atoms with Crippen molar-refractivity contribution in [1.82, 2.24) is 0 Å². The fourth-order valence-corrected chi connectivity index (χ4v) is 2.45. The van der Waals surface area contributed by atoms with Crippen LogP contribution >= 0.6 is 11.6 Å². The van der Waals surface area contributed by atoms with E-state index in [4.69, 9.17) is 26.5 Å². The van der Waals surface area contributed by atoms with Gasteiger partial charge in [-0.05, 0) is 37.6 Å². The second-order valence-corrected chi connectivity index (χ2v) is 5.64. The predicted octanol–water partition coefficient (Wildman–Crippen LogP) is 3.17. The van der Waals surface area contributed by atoms with Gasteiger partial charge in [-0.2, -0.15) is 0 Å². The van der Waals surface area contributed by atoms with Gasteiger partial charge in [0.05, 0.1) is 6.61 Å². The molecule has 0 saturated carbocycles. The topological polar surface area (TPSA) is 112 Å². The van der Waals surface area contributed by atoms with Crippen LogP contribution in [-0.2, 0) is 9.53 Å². The summed E-state index contributed by atoms with van der Waals surface area (Å²) in [5, 5.41) is 2.93. The highest BCUT2D eigenvalue weighted by molar-refractivity contribution is 6.30. The molecule has 0 unspecified atom stereocenters. The lowest BCUT2D eigenvalue weighted by molar-refractivity contribution is -0.111. The molecule has 7 nitrogen and oxygen atoms in total. The minimum absolute atomic E-state index is 0.103. The van der Waals surface area contributed by atoms with Crippen molar-refractivity contribution < 1.29 is 23.5 Å². The Labute approximate surface area is 154 Å². The number of halogens is 1. The van der Waals surface area contributed by atoms with Crippen molar-refractivity contribution in [2.24, 2.45) is 5.73 Å². The van der Waals surface area contributed by atoms with Gasteiger partial charge in [0.25, 0.3) is 11.8 Å². The molecular formula is C18H17ClN2O5. The van der Waals surface area contributed by atoms with Crippen molar-refractivity contribution in [3.63, 3.8) is 0 Å². The van der Waals surface area contributed by atoms with Crippen LogP contribution in [0.2, 0.25) is 5.02 Å². The maximum Gasteiger partial charge on any atom is 0.342 e. The number of esters is 1. The van der Waals surface area contributed by atoms with Gasteiger partial charge in [0, 0.05) is 11.1 Å². The van der Waals surface area contributed by atoms with E-state index in [9.17, 15) is 14.4 Å². The molecule has 0 aliphatic rings. The maximum atomic E-state index is 12.1. The number of hydrogen-bond acceptors (Lipinski definition) is 5. The molecule has 136 valence electrons. The highest BCUT2D eigenvalue weighted by atomic mass is 35.5. The number of anilines is 1. The number of rotatable bonds is 6. The summed E-state index contributed by atoms with van der Waals surface area (Å²) in [6.45, 7) is 3.21. The Morgan fingerprint density at radius 3 is 2.65 bits per heavy atom. The van der Waals surface area contributed by atoms with Gasteiger partial charge in [-0.1, -0.05) is 23.7 Å². The molecule has 0 saturated heterocycles. The number of ether oxygens (including phenoxy) is 1. The summed E-state index contributed by atoms with van der Waals surface area (Å²) >= 11 is 5.88. The number of nitrogens with one attached hydrogen (secondary N) is 1. The lowest BCUT2D eigenvalue weighted by Crippen LogP contribution is -2.19. The van der Waals surface area contributed by atoms with Crippen molar-refractivity contribution in [1.29, 1.82) is 0 Å². The Bertz CT molecular complexity index is 886. The smallest absolute Gasteiger partial charge is 0.342 e. The van der Waals surface area contributed by atoms with Crippen molar-refractivity contribution in [2.75, 3.05) is 11.9 Å². The monoisotopic (exact) mass is 376 g/mol. The number of carbonyl (C=O) groups is 3. The van der Waals surface area contributed by atoms with Gasteiger partial charge in [-0.15, -0.1) is 0 Å². The highest BCUT2D eigenvalue weighted by Crippen LogP contribution is 2.27. The zero-order valence-electron chi connectivity index (χ0n) is 14.2. The molecule has 1 aromatic heterocycles. The summed E-state index contributed by atoms with van der Waals surface area (Å²) in [5.74, 6) is -2.33. The van der Waals surface area contributed by atoms with Gasteiger partial charge < -0.3 is 14.9 Å². The van der Waals surface area contributed by atoms with Crippen molar-refractivity contribution in [2.45, 2.75) is 13.8 Å². The normalized spacial score (nSPS) is 10.7. The van der Waals surface area contributed by atoms with Gasteiger partial charge in [-0.25, -0.2) is 4.79 Å². The third kappa shape index (κ3) is 4.52. The fraction of sp³-hybridized carbons (Fsp3) is 0.167. The molecule has 1 heterocycles. The number of carbonyl (C=O) groups excluding carboxylic acids is 3. The quantitative estimate of drug-likeness (QED) is 0.594. The fourth-order valence-electron chi connectivity index (χ4n) is 2.25. The van der Waals surface area contributed by atoms with E-state index in [1.54, 1.807) is 31.2 Å². The van der Waals surface area contributed by atoms with E-state index in [1.807, 2.05) is 0 Å². The first-order valence-corrected chi connectivity index (χ1v) is 8.06. The number of hydrogen-bond donors (Lipinski definition) is 2. The summed E-state index contributed by atoms with van der Waals surface area (Å²) < 4.78 is 10.2. The number of primary amides is 1. The molecule has 1 aromatic carbocycles. The van der Waals surface area contributed by atoms with Crippen LogP contribution in [-0.4, -0.2) is 24.4 Å². The predicted molar refractivity (Wildman–Crippen MR) is 97.0 cm³/mol. The van der Waals surface area contributed by atoms with Crippen molar-refractivity contribution in [3.8, 4) is 0 Å². The second-order valence-electron chi connectivity index (χ2n) is 5.20. The SMILES string of the molecule is CCOC(=O)c1c(C)oc(NC(=O)/C=C/c2cccc(Cl)c2)c1C(N)=O. The average Bonchev–Trinajstić information content (AvgIpc) is 2.89. The largest absolute Gasteiger partial charge is 0.462 e. The van der Waals surface area contributed by atoms with Crippen molar-refractivity contribution >= 4 is 41.3 Å². The van der Waals surface area contributed by atoms with E-state index in [0.29, 0.717) is 10.6 Å².